The summed E-state index contributed by atoms with van der Waals surface area (Å²) in [5.74, 6) is -0.748. The molecule has 0 atom stereocenters. The standard InChI is InChI=1S/C16H15N2O5S/c1-11-3-5-13(6-4-11)24(21,22)18-8-7-12-9-17(20)10-14(15(12)18)16(19)23-2/h3-10,20H,1-2H3/q+1. The molecule has 0 unspecified atom stereocenters. The molecule has 0 radical (unpaired) electrons. The third-order valence-electron chi connectivity index (χ3n) is 3.65. The molecule has 0 bridgehead atoms. The molecule has 0 aliphatic heterocycles. The van der Waals surface area contributed by atoms with Crippen molar-refractivity contribution in [1.82, 2.24) is 3.97 Å². The van der Waals surface area contributed by atoms with E-state index in [-0.39, 0.29) is 16.0 Å². The quantitative estimate of drug-likeness (QED) is 0.441. The minimum atomic E-state index is -3.90. The molecule has 0 aliphatic carbocycles. The van der Waals surface area contributed by atoms with Gasteiger partial charge >= 0.3 is 5.97 Å². The number of aryl methyl sites for hydroxylation is 1. The van der Waals surface area contributed by atoms with Gasteiger partial charge in [-0.3, -0.25) is 5.21 Å². The van der Waals surface area contributed by atoms with Crippen LogP contribution in [-0.4, -0.2) is 30.7 Å². The van der Waals surface area contributed by atoms with Crippen molar-refractivity contribution in [3.63, 3.8) is 0 Å². The van der Waals surface area contributed by atoms with Crippen LogP contribution in [0.15, 0.2) is 53.8 Å². The van der Waals surface area contributed by atoms with Gasteiger partial charge in [0.15, 0.2) is 5.56 Å². The Labute approximate surface area is 138 Å². The Morgan fingerprint density at radius 1 is 1.17 bits per heavy atom. The fourth-order valence-corrected chi connectivity index (χ4v) is 3.84. The lowest BCUT2D eigenvalue weighted by Crippen LogP contribution is -2.30. The highest BCUT2D eigenvalue weighted by molar-refractivity contribution is 7.90. The van der Waals surface area contributed by atoms with Crippen molar-refractivity contribution in [3.8, 4) is 0 Å². The number of nitrogens with zero attached hydrogens (tertiary/aromatic N) is 2. The molecule has 0 saturated carbocycles. The van der Waals surface area contributed by atoms with Gasteiger partial charge in [0, 0.05) is 10.9 Å². The maximum atomic E-state index is 12.9. The number of hydrogen-bond acceptors (Lipinski definition) is 5. The molecule has 2 aromatic heterocycles. The topological polar surface area (TPSA) is 89.5 Å². The number of methoxy groups -OCH3 is 1. The van der Waals surface area contributed by atoms with Crippen molar-refractivity contribution < 1.29 is 27.9 Å². The molecule has 3 aromatic rings. The van der Waals surface area contributed by atoms with Crippen LogP contribution in [0.1, 0.15) is 15.9 Å². The van der Waals surface area contributed by atoms with Crippen molar-refractivity contribution >= 4 is 26.9 Å². The number of carbonyl (C=O) groups is 1. The Balaban J connectivity index is 2.31. The summed E-state index contributed by atoms with van der Waals surface area (Å²) in [7, 11) is -2.71. The first-order valence-corrected chi connectivity index (χ1v) is 8.45. The second-order valence-electron chi connectivity index (χ2n) is 5.28. The van der Waals surface area contributed by atoms with Crippen LogP contribution in [-0.2, 0) is 14.8 Å². The smallest absolute Gasteiger partial charge is 0.346 e. The van der Waals surface area contributed by atoms with Gasteiger partial charge < -0.3 is 4.74 Å². The lowest BCUT2D eigenvalue weighted by atomic mass is 10.2. The number of esters is 1. The lowest BCUT2D eigenvalue weighted by molar-refractivity contribution is -0.904. The fourth-order valence-electron chi connectivity index (χ4n) is 2.46. The highest BCUT2D eigenvalue weighted by Crippen LogP contribution is 2.24. The second-order valence-corrected chi connectivity index (χ2v) is 7.09. The molecular formula is C16H15N2O5S+. The Kier molecular flexibility index (Phi) is 3.76. The Morgan fingerprint density at radius 2 is 1.83 bits per heavy atom. The van der Waals surface area contributed by atoms with Gasteiger partial charge in [-0.1, -0.05) is 17.7 Å². The normalized spacial score (nSPS) is 11.6. The zero-order chi connectivity index (χ0) is 17.5. The van der Waals surface area contributed by atoms with Crippen molar-refractivity contribution in [2.24, 2.45) is 0 Å². The Bertz CT molecular complexity index is 1040. The van der Waals surface area contributed by atoms with E-state index in [1.54, 1.807) is 12.1 Å². The molecule has 0 saturated heterocycles. The summed E-state index contributed by atoms with van der Waals surface area (Å²) in [6, 6.07) is 7.90. The average molecular weight is 347 g/mol. The molecule has 0 amide bonds. The van der Waals surface area contributed by atoms with Crippen LogP contribution in [0.25, 0.3) is 10.9 Å². The highest BCUT2D eigenvalue weighted by Gasteiger charge is 2.26. The van der Waals surface area contributed by atoms with E-state index in [0.717, 1.165) is 15.7 Å². The Morgan fingerprint density at radius 3 is 2.46 bits per heavy atom. The number of hydrogen-bond donors (Lipinski definition) is 1. The Hall–Kier alpha value is -2.87. The highest BCUT2D eigenvalue weighted by atomic mass is 32.2. The molecular weight excluding hydrogens is 332 g/mol. The van der Waals surface area contributed by atoms with Crippen LogP contribution in [0.4, 0.5) is 0 Å². The molecule has 2 heterocycles. The zero-order valence-electron chi connectivity index (χ0n) is 13.0. The molecule has 0 fully saturated rings. The van der Waals surface area contributed by atoms with Gasteiger partial charge in [0.2, 0.25) is 12.4 Å². The third-order valence-corrected chi connectivity index (χ3v) is 5.34. The predicted molar refractivity (Wildman–Crippen MR) is 84.4 cm³/mol. The molecule has 0 spiro atoms. The van der Waals surface area contributed by atoms with E-state index in [4.69, 9.17) is 0 Å². The predicted octanol–water partition coefficient (Wildman–Crippen LogP) is 1.50. The molecule has 8 heteroatoms. The molecule has 7 nitrogen and oxygen atoms in total. The summed E-state index contributed by atoms with van der Waals surface area (Å²) in [6.07, 6.45) is 3.75. The summed E-state index contributed by atoms with van der Waals surface area (Å²) in [5, 5.41) is 10.1. The molecule has 124 valence electrons. The van der Waals surface area contributed by atoms with Crippen molar-refractivity contribution in [1.29, 1.82) is 0 Å². The number of carbonyl (C=O) groups excluding carboxylic acids is 1. The molecule has 0 aliphatic rings. The zero-order valence-corrected chi connectivity index (χ0v) is 13.8. The summed E-state index contributed by atoms with van der Waals surface area (Å²) >= 11 is 0. The van der Waals surface area contributed by atoms with E-state index < -0.39 is 16.0 Å². The first kappa shape index (κ1) is 16.0. The van der Waals surface area contributed by atoms with E-state index in [1.165, 1.54) is 37.7 Å². The average Bonchev–Trinajstić information content (AvgIpc) is 2.98. The van der Waals surface area contributed by atoms with Gasteiger partial charge in [-0.25, -0.2) is 17.2 Å². The van der Waals surface area contributed by atoms with Crippen LogP contribution < -0.4 is 4.73 Å². The number of ether oxygens (including phenoxy) is 1. The lowest BCUT2D eigenvalue weighted by Gasteiger charge is -2.09. The summed E-state index contributed by atoms with van der Waals surface area (Å²) in [4.78, 5) is 12.1. The van der Waals surface area contributed by atoms with Crippen molar-refractivity contribution in [2.45, 2.75) is 11.8 Å². The van der Waals surface area contributed by atoms with E-state index >= 15 is 0 Å². The minimum Gasteiger partial charge on any atom is -0.465 e. The van der Waals surface area contributed by atoms with Crippen molar-refractivity contribution in [3.05, 3.63) is 60.0 Å². The van der Waals surface area contributed by atoms with E-state index in [2.05, 4.69) is 4.74 Å². The van der Waals surface area contributed by atoms with E-state index in [0.29, 0.717) is 10.1 Å². The number of pyridine rings is 1. The third kappa shape index (κ3) is 2.50. The fraction of sp³-hybridized carbons (Fsp3) is 0.125. The van der Waals surface area contributed by atoms with Crippen LogP contribution in [0, 0.1) is 6.92 Å². The number of rotatable bonds is 3. The van der Waals surface area contributed by atoms with Crippen LogP contribution >= 0.6 is 0 Å². The minimum absolute atomic E-state index is 0.0572. The largest absolute Gasteiger partial charge is 0.465 e. The van der Waals surface area contributed by atoms with Gasteiger partial charge in [0.05, 0.1) is 22.9 Å². The molecule has 24 heavy (non-hydrogen) atoms. The summed E-state index contributed by atoms with van der Waals surface area (Å²) in [6.45, 7) is 1.86. The first-order valence-electron chi connectivity index (χ1n) is 7.01. The summed E-state index contributed by atoms with van der Waals surface area (Å²) < 4.78 is 32.2. The van der Waals surface area contributed by atoms with Gasteiger partial charge in [0.25, 0.3) is 10.0 Å². The first-order chi connectivity index (χ1) is 11.3. The SMILES string of the molecule is COC(=O)c1c[n+](O)cc2ccn(S(=O)(=O)c3ccc(C)cc3)c12. The van der Waals surface area contributed by atoms with Crippen LogP contribution in [0.2, 0.25) is 0 Å². The number of fused-ring (bicyclic) bond motifs is 1. The number of benzene rings is 1. The van der Waals surface area contributed by atoms with E-state index in [1.807, 2.05) is 6.92 Å². The van der Waals surface area contributed by atoms with E-state index in [9.17, 15) is 18.4 Å². The maximum absolute atomic E-state index is 12.9. The molecule has 1 N–H and O–H groups in total. The molecule has 3 rings (SSSR count). The van der Waals surface area contributed by atoms with Gasteiger partial charge in [-0.05, 0) is 25.1 Å². The van der Waals surface area contributed by atoms with Gasteiger partial charge in [-0.15, -0.1) is 0 Å². The van der Waals surface area contributed by atoms with Crippen LogP contribution in [0.3, 0.4) is 0 Å². The van der Waals surface area contributed by atoms with Crippen LogP contribution in [0.5, 0.6) is 0 Å². The molecule has 1 aromatic carbocycles. The second kappa shape index (κ2) is 5.64. The summed E-state index contributed by atoms with van der Waals surface area (Å²) in [5.41, 5.74) is 1.02. The van der Waals surface area contributed by atoms with Gasteiger partial charge in [-0.2, -0.15) is 0 Å². The monoisotopic (exact) mass is 347 g/mol. The van der Waals surface area contributed by atoms with Crippen molar-refractivity contribution in [2.75, 3.05) is 7.11 Å². The maximum Gasteiger partial charge on any atom is 0.346 e. The number of aromatic nitrogens is 2. The van der Waals surface area contributed by atoms with Gasteiger partial charge in [0.1, 0.15) is 0 Å².